The third-order valence-electron chi connectivity index (χ3n) is 3.93. The van der Waals surface area contributed by atoms with E-state index in [1.54, 1.807) is 12.1 Å². The molecule has 1 saturated heterocycles. The molecule has 0 spiro atoms. The first-order chi connectivity index (χ1) is 9.99. The summed E-state index contributed by atoms with van der Waals surface area (Å²) in [6, 6.07) is 5.78. The van der Waals surface area contributed by atoms with Crippen LogP contribution in [0.3, 0.4) is 0 Å². The predicted molar refractivity (Wildman–Crippen MR) is 88.1 cm³/mol. The van der Waals surface area contributed by atoms with Crippen molar-refractivity contribution < 1.29 is 4.92 Å². The smallest absolute Gasteiger partial charge is 0.269 e. The van der Waals surface area contributed by atoms with Gasteiger partial charge < -0.3 is 9.80 Å². The van der Waals surface area contributed by atoms with E-state index in [1.807, 2.05) is 26.8 Å². The molecule has 0 bridgehead atoms. The predicted octanol–water partition coefficient (Wildman–Crippen LogP) is 3.46. The minimum atomic E-state index is -0.338. The third kappa shape index (κ3) is 4.43. The van der Waals surface area contributed by atoms with E-state index in [-0.39, 0.29) is 10.6 Å². The lowest BCUT2D eigenvalue weighted by Gasteiger charge is -2.37. The lowest BCUT2D eigenvalue weighted by molar-refractivity contribution is -0.384. The zero-order chi connectivity index (χ0) is 16.0. The maximum Gasteiger partial charge on any atom is 0.269 e. The number of hydrogen-bond donors (Lipinski definition) is 0. The summed E-state index contributed by atoms with van der Waals surface area (Å²) < 4.78 is 0. The Labute approximate surface area is 127 Å². The van der Waals surface area contributed by atoms with Gasteiger partial charge in [-0.05, 0) is 45.5 Å². The van der Waals surface area contributed by atoms with Crippen LogP contribution in [-0.4, -0.2) is 43.0 Å². The second kappa shape index (κ2) is 7.98. The summed E-state index contributed by atoms with van der Waals surface area (Å²) in [6.07, 6.45) is 2.28. The SMILES string of the molecule is CC.Cc1cc([N+](=O)[O-])ccc1N1CCC(N(C)C)CC1. The van der Waals surface area contributed by atoms with E-state index >= 15 is 0 Å². The maximum absolute atomic E-state index is 10.7. The molecule has 1 aromatic carbocycles. The van der Waals surface area contributed by atoms with Gasteiger partial charge in [0, 0.05) is 37.0 Å². The zero-order valence-corrected chi connectivity index (χ0v) is 13.8. The van der Waals surface area contributed by atoms with Crippen molar-refractivity contribution in [3.05, 3.63) is 33.9 Å². The van der Waals surface area contributed by atoms with Crippen LogP contribution in [0.1, 0.15) is 32.3 Å². The Balaban J connectivity index is 0.00000106. The quantitative estimate of drug-likeness (QED) is 0.632. The van der Waals surface area contributed by atoms with Crippen molar-refractivity contribution >= 4 is 11.4 Å². The standard InChI is InChI=1S/C14H21N3O2.C2H6/c1-11-10-13(17(18)19)4-5-14(11)16-8-6-12(7-9-16)15(2)3;1-2/h4-5,10,12H,6-9H2,1-3H3;1-2H3. The van der Waals surface area contributed by atoms with Gasteiger partial charge in [0.15, 0.2) is 0 Å². The van der Waals surface area contributed by atoms with Crippen LogP contribution in [0.15, 0.2) is 18.2 Å². The first-order valence-electron chi connectivity index (χ1n) is 7.65. The fraction of sp³-hybridized carbons (Fsp3) is 0.625. The molecule has 0 aromatic heterocycles. The molecule has 2 rings (SSSR count). The van der Waals surface area contributed by atoms with Crippen LogP contribution in [0.4, 0.5) is 11.4 Å². The van der Waals surface area contributed by atoms with Crippen LogP contribution in [0.5, 0.6) is 0 Å². The van der Waals surface area contributed by atoms with Crippen molar-refractivity contribution in [2.75, 3.05) is 32.1 Å². The van der Waals surface area contributed by atoms with Crippen molar-refractivity contribution in [2.45, 2.75) is 39.7 Å². The van der Waals surface area contributed by atoms with Gasteiger partial charge >= 0.3 is 0 Å². The van der Waals surface area contributed by atoms with Gasteiger partial charge in [0.1, 0.15) is 0 Å². The van der Waals surface area contributed by atoms with Crippen LogP contribution in [0.2, 0.25) is 0 Å². The van der Waals surface area contributed by atoms with Gasteiger partial charge in [-0.2, -0.15) is 0 Å². The number of anilines is 1. The number of nitro benzene ring substituents is 1. The molecule has 0 N–H and O–H groups in total. The molecule has 1 fully saturated rings. The normalized spacial score (nSPS) is 15.6. The molecule has 0 saturated carbocycles. The molecule has 21 heavy (non-hydrogen) atoms. The van der Waals surface area contributed by atoms with Gasteiger partial charge in [0.05, 0.1) is 4.92 Å². The van der Waals surface area contributed by atoms with Gasteiger partial charge in [-0.15, -0.1) is 0 Å². The van der Waals surface area contributed by atoms with Crippen LogP contribution in [0.25, 0.3) is 0 Å². The Bertz CT molecular complexity index is 467. The summed E-state index contributed by atoms with van der Waals surface area (Å²) in [5, 5.41) is 10.7. The number of benzene rings is 1. The summed E-state index contributed by atoms with van der Waals surface area (Å²) >= 11 is 0. The van der Waals surface area contributed by atoms with Crippen molar-refractivity contribution in [3.8, 4) is 0 Å². The molecule has 0 amide bonds. The van der Waals surface area contributed by atoms with Crippen molar-refractivity contribution in [3.63, 3.8) is 0 Å². The van der Waals surface area contributed by atoms with E-state index in [0.717, 1.165) is 37.2 Å². The zero-order valence-electron chi connectivity index (χ0n) is 13.8. The van der Waals surface area contributed by atoms with Gasteiger partial charge in [0.25, 0.3) is 5.69 Å². The van der Waals surface area contributed by atoms with Crippen LogP contribution >= 0.6 is 0 Å². The Morgan fingerprint density at radius 1 is 1.24 bits per heavy atom. The van der Waals surface area contributed by atoms with Gasteiger partial charge in [-0.3, -0.25) is 10.1 Å². The summed E-state index contributed by atoms with van der Waals surface area (Å²) in [7, 11) is 4.24. The minimum Gasteiger partial charge on any atom is -0.371 e. The maximum atomic E-state index is 10.7. The van der Waals surface area contributed by atoms with E-state index in [1.165, 1.54) is 0 Å². The average molecular weight is 293 g/mol. The molecule has 5 nitrogen and oxygen atoms in total. The Kier molecular flexibility index (Phi) is 6.62. The highest BCUT2D eigenvalue weighted by atomic mass is 16.6. The summed E-state index contributed by atoms with van der Waals surface area (Å²) in [5.74, 6) is 0. The van der Waals surface area contributed by atoms with Crippen LogP contribution in [0, 0.1) is 17.0 Å². The van der Waals surface area contributed by atoms with E-state index in [0.29, 0.717) is 6.04 Å². The lowest BCUT2D eigenvalue weighted by Crippen LogP contribution is -2.42. The topological polar surface area (TPSA) is 49.6 Å². The molecule has 0 radical (unpaired) electrons. The van der Waals surface area contributed by atoms with E-state index < -0.39 is 0 Å². The molecule has 0 unspecified atom stereocenters. The Morgan fingerprint density at radius 2 is 1.81 bits per heavy atom. The summed E-state index contributed by atoms with van der Waals surface area (Å²) in [4.78, 5) is 15.0. The molecule has 0 atom stereocenters. The first kappa shape index (κ1) is 17.4. The minimum absolute atomic E-state index is 0.171. The molecule has 1 heterocycles. The highest BCUT2D eigenvalue weighted by molar-refractivity contribution is 5.57. The molecule has 118 valence electrons. The summed E-state index contributed by atoms with van der Waals surface area (Å²) in [6.45, 7) is 7.98. The second-order valence-corrected chi connectivity index (χ2v) is 5.41. The summed E-state index contributed by atoms with van der Waals surface area (Å²) in [5.41, 5.74) is 2.28. The molecule has 1 aromatic rings. The Hall–Kier alpha value is -1.62. The number of rotatable bonds is 3. The number of non-ortho nitro benzene ring substituents is 1. The van der Waals surface area contributed by atoms with Gasteiger partial charge in [-0.25, -0.2) is 0 Å². The molecule has 5 heteroatoms. The van der Waals surface area contributed by atoms with Gasteiger partial charge in [-0.1, -0.05) is 13.8 Å². The molecule has 0 aliphatic carbocycles. The largest absolute Gasteiger partial charge is 0.371 e. The highest BCUT2D eigenvalue weighted by Crippen LogP contribution is 2.27. The fourth-order valence-electron chi connectivity index (χ4n) is 2.73. The number of nitro groups is 1. The van der Waals surface area contributed by atoms with Gasteiger partial charge in [0.2, 0.25) is 0 Å². The second-order valence-electron chi connectivity index (χ2n) is 5.41. The van der Waals surface area contributed by atoms with Crippen molar-refractivity contribution in [1.29, 1.82) is 0 Å². The highest BCUT2D eigenvalue weighted by Gasteiger charge is 2.22. The van der Waals surface area contributed by atoms with E-state index in [2.05, 4.69) is 23.9 Å². The number of hydrogen-bond acceptors (Lipinski definition) is 4. The van der Waals surface area contributed by atoms with Crippen molar-refractivity contribution in [2.24, 2.45) is 0 Å². The fourth-order valence-corrected chi connectivity index (χ4v) is 2.73. The van der Waals surface area contributed by atoms with E-state index in [4.69, 9.17) is 0 Å². The van der Waals surface area contributed by atoms with Crippen LogP contribution in [-0.2, 0) is 0 Å². The first-order valence-corrected chi connectivity index (χ1v) is 7.65. The number of aryl methyl sites for hydroxylation is 1. The van der Waals surface area contributed by atoms with E-state index in [9.17, 15) is 10.1 Å². The Morgan fingerprint density at radius 3 is 2.24 bits per heavy atom. The third-order valence-corrected chi connectivity index (χ3v) is 3.93. The molecular weight excluding hydrogens is 266 g/mol. The van der Waals surface area contributed by atoms with Crippen molar-refractivity contribution in [1.82, 2.24) is 4.90 Å². The van der Waals surface area contributed by atoms with Crippen LogP contribution < -0.4 is 4.90 Å². The molecular formula is C16H27N3O2. The molecule has 1 aliphatic heterocycles. The molecule has 1 aliphatic rings. The number of piperidine rings is 1. The lowest BCUT2D eigenvalue weighted by atomic mass is 10.0. The average Bonchev–Trinajstić information content (AvgIpc) is 2.49. The number of nitrogens with zero attached hydrogens (tertiary/aromatic N) is 3. The monoisotopic (exact) mass is 293 g/mol.